The highest BCUT2D eigenvalue weighted by Gasteiger charge is 2.18. The van der Waals surface area contributed by atoms with Gasteiger partial charge in [0.05, 0.1) is 12.6 Å². The number of methoxy groups -OCH3 is 1. The van der Waals surface area contributed by atoms with Crippen LogP contribution in [0.2, 0.25) is 0 Å². The van der Waals surface area contributed by atoms with Crippen LogP contribution in [0.5, 0.6) is 0 Å². The minimum absolute atomic E-state index is 0.0528. The number of carbonyl (C=O) groups is 2. The van der Waals surface area contributed by atoms with Gasteiger partial charge >= 0.3 is 11.8 Å². The minimum Gasteiger partial charge on any atom is -0.383 e. The first-order valence-corrected chi connectivity index (χ1v) is 7.24. The summed E-state index contributed by atoms with van der Waals surface area (Å²) in [4.78, 5) is 25.2. The number of thiophene rings is 1. The molecule has 2 amide bonds. The highest BCUT2D eigenvalue weighted by Crippen LogP contribution is 2.19. The third kappa shape index (κ3) is 5.28. The molecule has 0 aliphatic carbocycles. The summed E-state index contributed by atoms with van der Waals surface area (Å²) in [5.41, 5.74) is 1.13. The molecule has 1 aromatic heterocycles. The molecule has 0 aliphatic rings. The van der Waals surface area contributed by atoms with Crippen molar-refractivity contribution in [3.05, 3.63) is 22.4 Å². The van der Waals surface area contributed by atoms with E-state index in [0.29, 0.717) is 19.7 Å². The zero-order valence-electron chi connectivity index (χ0n) is 12.0. The fraction of sp³-hybridized carbons (Fsp3) is 0.538. The Hall–Kier alpha value is -1.44. The van der Waals surface area contributed by atoms with E-state index in [2.05, 4.69) is 10.6 Å². The van der Waals surface area contributed by atoms with Crippen molar-refractivity contribution in [3.63, 3.8) is 0 Å². The number of hydrogen-bond donors (Lipinski definition) is 2. The van der Waals surface area contributed by atoms with Gasteiger partial charge in [-0.25, -0.2) is 0 Å². The lowest BCUT2D eigenvalue weighted by Gasteiger charge is -2.23. The minimum atomic E-state index is -0.634. The zero-order chi connectivity index (χ0) is 15.0. The van der Waals surface area contributed by atoms with Crippen molar-refractivity contribution < 1.29 is 14.3 Å². The quantitative estimate of drug-likeness (QED) is 0.558. The monoisotopic (exact) mass is 299 g/mol. The van der Waals surface area contributed by atoms with Crippen LogP contribution in [0.3, 0.4) is 0 Å². The number of ether oxygens (including phenoxy) is 1. The third-order valence-corrected chi connectivity index (χ3v) is 3.51. The highest BCUT2D eigenvalue weighted by molar-refractivity contribution is 7.07. The van der Waals surface area contributed by atoms with Gasteiger partial charge in [0.15, 0.2) is 0 Å². The molecule has 0 aliphatic heterocycles. The fourth-order valence-electron chi connectivity index (χ4n) is 1.68. The standard InChI is InChI=1S/C13H21N3O3S/c1-16(2)11(10-4-7-20-9-10)8-15-13(18)12(17)14-5-6-19-3/h4,7,9,11H,5-6,8H2,1-3H3,(H,14,17)(H,15,18)/t11-/m0/s1. The predicted octanol–water partition coefficient (Wildman–Crippen LogP) is 0.230. The Kier molecular flexibility index (Phi) is 7.21. The molecule has 1 rings (SSSR count). The van der Waals surface area contributed by atoms with E-state index in [4.69, 9.17) is 4.74 Å². The van der Waals surface area contributed by atoms with E-state index in [1.165, 1.54) is 7.11 Å². The molecular formula is C13H21N3O3S. The Balaban J connectivity index is 2.43. The molecule has 1 aromatic rings. The molecular weight excluding hydrogens is 278 g/mol. The molecule has 0 spiro atoms. The summed E-state index contributed by atoms with van der Waals surface area (Å²) in [5.74, 6) is -1.26. The van der Waals surface area contributed by atoms with Gasteiger partial charge in [0.1, 0.15) is 0 Å². The van der Waals surface area contributed by atoms with Crippen molar-refractivity contribution in [3.8, 4) is 0 Å². The van der Waals surface area contributed by atoms with Gasteiger partial charge in [-0.05, 0) is 36.5 Å². The smallest absolute Gasteiger partial charge is 0.309 e. The lowest BCUT2D eigenvalue weighted by atomic mass is 10.1. The van der Waals surface area contributed by atoms with Crippen LogP contribution < -0.4 is 10.6 Å². The Morgan fingerprint density at radius 2 is 2.05 bits per heavy atom. The topological polar surface area (TPSA) is 70.7 Å². The van der Waals surface area contributed by atoms with E-state index < -0.39 is 11.8 Å². The van der Waals surface area contributed by atoms with Gasteiger partial charge in [0.25, 0.3) is 0 Å². The number of hydrogen-bond acceptors (Lipinski definition) is 5. The second-order valence-corrected chi connectivity index (χ2v) is 5.27. The van der Waals surface area contributed by atoms with Crippen LogP contribution in [0, 0.1) is 0 Å². The van der Waals surface area contributed by atoms with E-state index in [-0.39, 0.29) is 6.04 Å². The van der Waals surface area contributed by atoms with Crippen LogP contribution in [0.25, 0.3) is 0 Å². The van der Waals surface area contributed by atoms with Crippen LogP contribution in [0.15, 0.2) is 16.8 Å². The summed E-state index contributed by atoms with van der Waals surface area (Å²) in [6.07, 6.45) is 0. The number of likely N-dealkylation sites (N-methyl/N-ethyl adjacent to an activating group) is 1. The molecule has 0 unspecified atom stereocenters. The lowest BCUT2D eigenvalue weighted by Crippen LogP contribution is -2.43. The van der Waals surface area contributed by atoms with Crippen molar-refractivity contribution in [1.82, 2.24) is 15.5 Å². The molecule has 20 heavy (non-hydrogen) atoms. The largest absolute Gasteiger partial charge is 0.383 e. The molecule has 0 saturated carbocycles. The summed E-state index contributed by atoms with van der Waals surface area (Å²) in [6.45, 7) is 1.10. The molecule has 112 valence electrons. The summed E-state index contributed by atoms with van der Waals surface area (Å²) in [7, 11) is 5.41. The molecule has 6 nitrogen and oxygen atoms in total. The Morgan fingerprint density at radius 3 is 2.60 bits per heavy atom. The number of nitrogens with zero attached hydrogens (tertiary/aromatic N) is 1. The maximum atomic E-state index is 11.7. The van der Waals surface area contributed by atoms with Crippen molar-refractivity contribution in [2.24, 2.45) is 0 Å². The molecule has 1 atom stereocenters. The van der Waals surface area contributed by atoms with Gasteiger partial charge in [0, 0.05) is 20.2 Å². The third-order valence-electron chi connectivity index (χ3n) is 2.81. The molecule has 0 bridgehead atoms. The first-order chi connectivity index (χ1) is 9.56. The van der Waals surface area contributed by atoms with Crippen LogP contribution in [-0.4, -0.2) is 57.6 Å². The van der Waals surface area contributed by atoms with Crippen LogP contribution >= 0.6 is 11.3 Å². The van der Waals surface area contributed by atoms with E-state index in [9.17, 15) is 9.59 Å². The van der Waals surface area contributed by atoms with E-state index in [1.54, 1.807) is 11.3 Å². The SMILES string of the molecule is COCCNC(=O)C(=O)NC[C@@H](c1ccsc1)N(C)C. The predicted molar refractivity (Wildman–Crippen MR) is 78.6 cm³/mol. The van der Waals surface area contributed by atoms with Gasteiger partial charge in [-0.3, -0.25) is 9.59 Å². The van der Waals surface area contributed by atoms with Gasteiger partial charge in [-0.15, -0.1) is 0 Å². The molecule has 7 heteroatoms. The summed E-state index contributed by atoms with van der Waals surface area (Å²) >= 11 is 1.61. The summed E-state index contributed by atoms with van der Waals surface area (Å²) in [5, 5.41) is 9.16. The van der Waals surface area contributed by atoms with E-state index in [1.807, 2.05) is 35.8 Å². The molecule has 0 saturated heterocycles. The van der Waals surface area contributed by atoms with Crippen molar-refractivity contribution in [2.75, 3.05) is 40.9 Å². The average Bonchev–Trinajstić information content (AvgIpc) is 2.92. The molecule has 2 N–H and O–H groups in total. The molecule has 0 fully saturated rings. The highest BCUT2D eigenvalue weighted by atomic mass is 32.1. The second-order valence-electron chi connectivity index (χ2n) is 4.49. The van der Waals surface area contributed by atoms with E-state index in [0.717, 1.165) is 5.56 Å². The maximum absolute atomic E-state index is 11.7. The van der Waals surface area contributed by atoms with Crippen LogP contribution in [0.1, 0.15) is 11.6 Å². The van der Waals surface area contributed by atoms with E-state index >= 15 is 0 Å². The van der Waals surface area contributed by atoms with Gasteiger partial charge in [-0.2, -0.15) is 11.3 Å². The van der Waals surface area contributed by atoms with Crippen LogP contribution in [0.4, 0.5) is 0 Å². The van der Waals surface area contributed by atoms with Gasteiger partial charge in [-0.1, -0.05) is 0 Å². The Morgan fingerprint density at radius 1 is 1.35 bits per heavy atom. The summed E-state index contributed by atoms with van der Waals surface area (Å²) < 4.78 is 4.80. The second kappa shape index (κ2) is 8.68. The normalized spacial score (nSPS) is 12.2. The molecule has 0 aromatic carbocycles. The maximum Gasteiger partial charge on any atom is 0.309 e. The van der Waals surface area contributed by atoms with Crippen LogP contribution in [-0.2, 0) is 14.3 Å². The number of carbonyl (C=O) groups excluding carboxylic acids is 2. The van der Waals surface area contributed by atoms with Crippen molar-refractivity contribution in [2.45, 2.75) is 6.04 Å². The van der Waals surface area contributed by atoms with Gasteiger partial charge < -0.3 is 20.3 Å². The first-order valence-electron chi connectivity index (χ1n) is 6.29. The number of rotatable bonds is 7. The van der Waals surface area contributed by atoms with Crippen molar-refractivity contribution in [1.29, 1.82) is 0 Å². The zero-order valence-corrected chi connectivity index (χ0v) is 12.8. The fourth-order valence-corrected chi connectivity index (χ4v) is 2.39. The van der Waals surface area contributed by atoms with Crippen molar-refractivity contribution >= 4 is 23.2 Å². The Bertz CT molecular complexity index is 421. The molecule has 1 heterocycles. The summed E-state index contributed by atoms with van der Waals surface area (Å²) in [6, 6.07) is 2.07. The van der Waals surface area contributed by atoms with Gasteiger partial charge in [0.2, 0.25) is 0 Å². The average molecular weight is 299 g/mol. The number of amides is 2. The molecule has 0 radical (unpaired) electrons. The Labute approximate surface area is 123 Å². The number of nitrogens with one attached hydrogen (secondary N) is 2. The first kappa shape index (κ1) is 16.6. The lowest BCUT2D eigenvalue weighted by molar-refractivity contribution is -0.139.